The normalized spacial score (nSPS) is 13.8. The molecule has 0 aromatic carbocycles. The van der Waals surface area contributed by atoms with Gasteiger partial charge in [0.05, 0.1) is 0 Å². The lowest BCUT2D eigenvalue weighted by Gasteiger charge is -2.13. The fraction of sp³-hybridized carbons (Fsp3) is 0.444. The number of aliphatic carboxylic acids is 1. The second-order valence-electron chi connectivity index (χ2n) is 2.94. The Labute approximate surface area is 86.7 Å². The third-order valence-electron chi connectivity index (χ3n) is 1.57. The Morgan fingerprint density at radius 1 is 1.27 bits per heavy atom. The number of carboxylic acids is 1. The Balaban J connectivity index is 5.09. The third kappa shape index (κ3) is 3.80. The van der Waals surface area contributed by atoms with Gasteiger partial charge < -0.3 is 20.4 Å². The predicted molar refractivity (Wildman–Crippen MR) is 51.9 cm³/mol. The van der Waals surface area contributed by atoms with Gasteiger partial charge in [0.25, 0.3) is 0 Å². The Morgan fingerprint density at radius 2 is 1.73 bits per heavy atom. The summed E-state index contributed by atoms with van der Waals surface area (Å²) in [6.07, 6.45) is -1.08. The van der Waals surface area contributed by atoms with Crippen LogP contribution >= 0.6 is 0 Å². The maximum absolute atomic E-state index is 10.7. The van der Waals surface area contributed by atoms with Crippen LogP contribution in [0.25, 0.3) is 0 Å². The topological polar surface area (TPSA) is 108 Å². The van der Waals surface area contributed by atoms with Crippen molar-refractivity contribution in [2.45, 2.75) is 26.9 Å². The maximum Gasteiger partial charge on any atom is 0.341 e. The van der Waals surface area contributed by atoms with Crippen LogP contribution in [-0.2, 0) is 14.3 Å². The van der Waals surface area contributed by atoms with Gasteiger partial charge in [-0.15, -0.1) is 0 Å². The summed E-state index contributed by atoms with van der Waals surface area (Å²) in [6.45, 7) is 3.68. The quantitative estimate of drug-likeness (QED) is 0.279. The van der Waals surface area contributed by atoms with Crippen LogP contribution in [0.4, 0.5) is 0 Å². The maximum atomic E-state index is 10.7. The molecule has 84 valence electrons. The minimum Gasteiger partial charge on any atom is -0.507 e. The van der Waals surface area contributed by atoms with Crippen molar-refractivity contribution < 1.29 is 24.5 Å². The Hall–Kier alpha value is -1.85. The summed E-state index contributed by atoms with van der Waals surface area (Å²) < 4.78 is 4.59. The number of ether oxygens (including phenoxy) is 1. The monoisotopic (exact) mass is 215 g/mol. The summed E-state index contributed by atoms with van der Waals surface area (Å²) in [5.41, 5.74) is -0.859. The molecule has 0 bridgehead atoms. The summed E-state index contributed by atoms with van der Waals surface area (Å²) >= 11 is 0. The molecule has 6 heteroatoms. The van der Waals surface area contributed by atoms with Crippen molar-refractivity contribution in [1.29, 1.82) is 5.41 Å². The standard InChI is InChI=1S/C9H13NO5/c1-4(10)7(9(13)14)8(12)5(2)15-6(3)11/h5,10,12H,1-3H3,(H,13,14)/b8-7+,10-4?. The predicted octanol–water partition coefficient (Wildman–Crippen LogP) is 0.874. The number of aliphatic hydroxyl groups is 1. The van der Waals surface area contributed by atoms with E-state index in [1.807, 2.05) is 0 Å². The molecule has 6 nitrogen and oxygen atoms in total. The average Bonchev–Trinajstić information content (AvgIpc) is 2.00. The minimum atomic E-state index is -1.43. The molecule has 0 aromatic heterocycles. The number of aliphatic hydroxyl groups excluding tert-OH is 1. The van der Waals surface area contributed by atoms with Gasteiger partial charge in [-0.05, 0) is 13.8 Å². The lowest BCUT2D eigenvalue weighted by atomic mass is 10.1. The van der Waals surface area contributed by atoms with E-state index < -0.39 is 29.4 Å². The van der Waals surface area contributed by atoms with Crippen molar-refractivity contribution in [3.8, 4) is 0 Å². The van der Waals surface area contributed by atoms with Gasteiger partial charge in [0.1, 0.15) is 11.3 Å². The Morgan fingerprint density at radius 3 is 2.00 bits per heavy atom. The number of rotatable bonds is 4. The van der Waals surface area contributed by atoms with Crippen LogP contribution in [0.2, 0.25) is 0 Å². The molecule has 0 spiro atoms. The van der Waals surface area contributed by atoms with E-state index >= 15 is 0 Å². The van der Waals surface area contributed by atoms with Gasteiger partial charge in [0.2, 0.25) is 0 Å². The summed E-state index contributed by atoms with van der Waals surface area (Å²) in [5, 5.41) is 25.3. The molecular formula is C9H13NO5. The number of carbonyl (C=O) groups is 2. The van der Waals surface area contributed by atoms with Crippen molar-refractivity contribution >= 4 is 17.7 Å². The van der Waals surface area contributed by atoms with E-state index in [4.69, 9.17) is 10.5 Å². The smallest absolute Gasteiger partial charge is 0.341 e. The summed E-state index contributed by atoms with van der Waals surface area (Å²) in [6, 6.07) is 0. The first-order chi connectivity index (χ1) is 6.77. The van der Waals surface area contributed by atoms with E-state index in [0.29, 0.717) is 0 Å². The number of hydrogen-bond donors (Lipinski definition) is 3. The summed E-state index contributed by atoms with van der Waals surface area (Å²) in [7, 11) is 0. The zero-order valence-corrected chi connectivity index (χ0v) is 8.70. The van der Waals surface area contributed by atoms with Crippen LogP contribution in [0.3, 0.4) is 0 Å². The minimum absolute atomic E-state index is 0.306. The van der Waals surface area contributed by atoms with E-state index in [1.165, 1.54) is 13.8 Å². The zero-order chi connectivity index (χ0) is 12.2. The molecule has 0 heterocycles. The largest absolute Gasteiger partial charge is 0.507 e. The molecule has 0 rings (SSSR count). The van der Waals surface area contributed by atoms with Crippen molar-refractivity contribution in [1.82, 2.24) is 0 Å². The highest BCUT2D eigenvalue weighted by atomic mass is 16.5. The average molecular weight is 215 g/mol. The molecule has 0 radical (unpaired) electrons. The third-order valence-corrected chi connectivity index (χ3v) is 1.57. The van der Waals surface area contributed by atoms with E-state index in [-0.39, 0.29) is 5.71 Å². The highest BCUT2D eigenvalue weighted by Crippen LogP contribution is 2.11. The first-order valence-electron chi connectivity index (χ1n) is 4.16. The molecule has 0 aliphatic rings. The molecule has 0 saturated heterocycles. The number of hydrogen-bond acceptors (Lipinski definition) is 5. The van der Waals surface area contributed by atoms with Crippen molar-refractivity contribution in [2.75, 3.05) is 0 Å². The van der Waals surface area contributed by atoms with E-state index in [9.17, 15) is 14.7 Å². The molecule has 0 saturated carbocycles. The van der Waals surface area contributed by atoms with Crippen molar-refractivity contribution in [3.05, 3.63) is 11.3 Å². The van der Waals surface area contributed by atoms with Crippen LogP contribution < -0.4 is 0 Å². The second-order valence-corrected chi connectivity index (χ2v) is 2.94. The molecule has 0 amide bonds. The van der Waals surface area contributed by atoms with Gasteiger partial charge in [0, 0.05) is 12.6 Å². The van der Waals surface area contributed by atoms with Gasteiger partial charge in [-0.3, -0.25) is 4.79 Å². The van der Waals surface area contributed by atoms with Gasteiger partial charge in [0.15, 0.2) is 6.10 Å². The zero-order valence-electron chi connectivity index (χ0n) is 8.70. The molecule has 3 N–H and O–H groups in total. The first kappa shape index (κ1) is 13.2. The highest BCUT2D eigenvalue weighted by molar-refractivity contribution is 6.17. The van der Waals surface area contributed by atoms with Crippen LogP contribution in [0.1, 0.15) is 20.8 Å². The molecule has 0 aliphatic carbocycles. The van der Waals surface area contributed by atoms with E-state index in [2.05, 4.69) is 4.74 Å². The molecule has 15 heavy (non-hydrogen) atoms. The number of nitrogens with one attached hydrogen (secondary N) is 1. The fourth-order valence-corrected chi connectivity index (χ4v) is 0.970. The SMILES string of the molecule is CC(=N)/C(C(=O)O)=C(\O)C(C)OC(C)=O. The molecular weight excluding hydrogens is 202 g/mol. The van der Waals surface area contributed by atoms with Crippen molar-refractivity contribution in [3.63, 3.8) is 0 Å². The van der Waals surface area contributed by atoms with Gasteiger partial charge in [-0.1, -0.05) is 0 Å². The molecule has 0 fully saturated rings. The Bertz CT molecular complexity index is 315. The van der Waals surface area contributed by atoms with Crippen LogP contribution in [0, 0.1) is 5.41 Å². The van der Waals surface area contributed by atoms with E-state index in [1.54, 1.807) is 0 Å². The number of carboxylic acid groups (broad SMARTS) is 1. The lowest BCUT2D eigenvalue weighted by Crippen LogP contribution is -2.21. The molecule has 0 aliphatic heterocycles. The van der Waals surface area contributed by atoms with Crippen LogP contribution in [0.5, 0.6) is 0 Å². The van der Waals surface area contributed by atoms with Crippen molar-refractivity contribution in [2.24, 2.45) is 0 Å². The van der Waals surface area contributed by atoms with Gasteiger partial charge in [-0.2, -0.15) is 0 Å². The number of esters is 1. The fourth-order valence-electron chi connectivity index (χ4n) is 0.970. The van der Waals surface area contributed by atoms with Gasteiger partial charge >= 0.3 is 11.9 Å². The van der Waals surface area contributed by atoms with Gasteiger partial charge in [-0.25, -0.2) is 4.79 Å². The highest BCUT2D eigenvalue weighted by Gasteiger charge is 2.22. The second kappa shape index (κ2) is 5.14. The Kier molecular flexibility index (Phi) is 4.50. The number of carbonyl (C=O) groups excluding carboxylic acids is 1. The molecule has 1 atom stereocenters. The lowest BCUT2D eigenvalue weighted by molar-refractivity contribution is -0.145. The molecule has 1 unspecified atom stereocenters. The van der Waals surface area contributed by atoms with Crippen LogP contribution in [-0.4, -0.2) is 34.0 Å². The first-order valence-corrected chi connectivity index (χ1v) is 4.16. The molecule has 0 aromatic rings. The summed E-state index contributed by atoms with van der Waals surface area (Å²) in [4.78, 5) is 21.2. The van der Waals surface area contributed by atoms with E-state index in [0.717, 1.165) is 6.92 Å². The van der Waals surface area contributed by atoms with Crippen LogP contribution in [0.15, 0.2) is 11.3 Å². The summed E-state index contributed by atoms with van der Waals surface area (Å²) in [5.74, 6) is -2.70.